The molecule has 2 aromatic carbocycles. The first-order valence-electron chi connectivity index (χ1n) is 9.93. The molecule has 0 fully saturated rings. The zero-order valence-corrected chi connectivity index (χ0v) is 17.8. The van der Waals surface area contributed by atoms with Crippen molar-refractivity contribution >= 4 is 17.7 Å². The number of benzene rings is 2. The van der Waals surface area contributed by atoms with E-state index in [0.717, 1.165) is 0 Å². The molecule has 2 aromatic heterocycles. The Labute approximate surface area is 192 Å². The fourth-order valence-corrected chi connectivity index (χ4v) is 3.05. The second-order valence-electron chi connectivity index (χ2n) is 6.77. The number of hydrogen-bond donors (Lipinski definition) is 0. The molecule has 0 aliphatic heterocycles. The van der Waals surface area contributed by atoms with Crippen LogP contribution in [0.5, 0.6) is 11.5 Å². The molecule has 0 spiro atoms. The van der Waals surface area contributed by atoms with E-state index < -0.39 is 12.6 Å². The molecule has 0 unspecified atom stereocenters. The molecule has 174 valence electrons. The third-order valence-electron chi connectivity index (χ3n) is 4.58. The van der Waals surface area contributed by atoms with Crippen LogP contribution in [0.4, 0.5) is 8.78 Å². The molecule has 0 atom stereocenters. The molecule has 2 heterocycles. The van der Waals surface area contributed by atoms with Crippen molar-refractivity contribution < 1.29 is 32.2 Å². The largest absolute Gasteiger partial charge is 0.493 e. The Kier molecular flexibility index (Phi) is 6.92. The van der Waals surface area contributed by atoms with E-state index in [9.17, 15) is 13.6 Å². The van der Waals surface area contributed by atoms with E-state index in [0.29, 0.717) is 22.7 Å². The average molecular weight is 468 g/mol. The van der Waals surface area contributed by atoms with E-state index in [1.807, 2.05) is 18.2 Å². The van der Waals surface area contributed by atoms with E-state index in [2.05, 4.69) is 20.3 Å². The number of hydrogen-bond acceptors (Lipinski definition) is 8. The minimum atomic E-state index is -3.00. The normalized spacial score (nSPS) is 11.5. The van der Waals surface area contributed by atoms with Gasteiger partial charge in [-0.25, -0.2) is 4.79 Å². The molecular weight excluding hydrogens is 450 g/mol. The van der Waals surface area contributed by atoms with E-state index in [1.54, 1.807) is 24.3 Å². The van der Waals surface area contributed by atoms with Crippen LogP contribution in [-0.4, -0.2) is 39.9 Å². The number of tetrazole rings is 1. The Hall–Kier alpha value is -4.54. The van der Waals surface area contributed by atoms with Crippen LogP contribution in [0.2, 0.25) is 0 Å². The van der Waals surface area contributed by atoms with Crippen molar-refractivity contribution in [3.8, 4) is 22.9 Å². The highest BCUT2D eigenvalue weighted by molar-refractivity contribution is 6.15. The summed E-state index contributed by atoms with van der Waals surface area (Å²) in [6.45, 7) is -3.18. The van der Waals surface area contributed by atoms with Gasteiger partial charge in [0.1, 0.15) is 12.4 Å². The number of alkyl halides is 2. The number of ether oxygens (including phenoxy) is 3. The van der Waals surface area contributed by atoms with E-state index in [-0.39, 0.29) is 23.8 Å². The Bertz CT molecular complexity index is 1270. The molecule has 0 amide bonds. The van der Waals surface area contributed by atoms with Gasteiger partial charge in [-0.3, -0.25) is 0 Å². The standard InChI is InChI=1S/C23H18F2N4O5/c1-31-20-12-15(9-10-19(20)34-23(24)25)14-33-22(30)18(13-17-8-5-11-32-17)29-21(26-27-28-29)16-6-3-2-4-7-16/h2-13,23H,14H2,1H3/b18-13-. The third kappa shape index (κ3) is 5.26. The number of furan rings is 1. The van der Waals surface area contributed by atoms with E-state index >= 15 is 0 Å². The first-order valence-corrected chi connectivity index (χ1v) is 9.93. The second kappa shape index (κ2) is 10.4. The van der Waals surface area contributed by atoms with Gasteiger partial charge < -0.3 is 18.6 Å². The van der Waals surface area contributed by atoms with Gasteiger partial charge in [0.25, 0.3) is 0 Å². The molecule has 4 aromatic rings. The molecule has 11 heteroatoms. The smallest absolute Gasteiger partial charge is 0.387 e. The van der Waals surface area contributed by atoms with Crippen LogP contribution in [0.25, 0.3) is 23.2 Å². The molecule has 0 saturated carbocycles. The predicted octanol–water partition coefficient (Wildman–Crippen LogP) is 4.28. The van der Waals surface area contributed by atoms with Gasteiger partial charge in [-0.2, -0.15) is 13.5 Å². The summed E-state index contributed by atoms with van der Waals surface area (Å²) >= 11 is 0. The predicted molar refractivity (Wildman–Crippen MR) is 116 cm³/mol. The monoisotopic (exact) mass is 468 g/mol. The van der Waals surface area contributed by atoms with Gasteiger partial charge in [-0.15, -0.1) is 5.10 Å². The number of halogens is 2. The summed E-state index contributed by atoms with van der Waals surface area (Å²) in [7, 11) is 1.32. The number of carbonyl (C=O) groups excluding carboxylic acids is 1. The van der Waals surface area contributed by atoms with Gasteiger partial charge in [0, 0.05) is 11.6 Å². The SMILES string of the molecule is COc1cc(COC(=O)/C(=C/c2ccco2)n2nnnc2-c2ccccc2)ccc1OC(F)F. The zero-order valence-electron chi connectivity index (χ0n) is 17.8. The van der Waals surface area contributed by atoms with Crippen LogP contribution in [0, 0.1) is 0 Å². The molecule has 0 N–H and O–H groups in total. The first kappa shape index (κ1) is 22.6. The highest BCUT2D eigenvalue weighted by Gasteiger charge is 2.21. The molecule has 0 aliphatic carbocycles. The number of aromatic nitrogens is 4. The molecule has 34 heavy (non-hydrogen) atoms. The summed E-state index contributed by atoms with van der Waals surface area (Å²) in [5.74, 6) is -0.0888. The fraction of sp³-hybridized carbons (Fsp3) is 0.130. The summed E-state index contributed by atoms with van der Waals surface area (Å²) in [5, 5.41) is 11.7. The van der Waals surface area contributed by atoms with Crippen molar-refractivity contribution in [1.82, 2.24) is 20.2 Å². The van der Waals surface area contributed by atoms with E-state index in [4.69, 9.17) is 13.9 Å². The summed E-state index contributed by atoms with van der Waals surface area (Å²) in [6, 6.07) is 16.6. The van der Waals surface area contributed by atoms with Gasteiger partial charge in [0.2, 0.25) is 0 Å². The van der Waals surface area contributed by atoms with Gasteiger partial charge in [-0.05, 0) is 40.3 Å². The Balaban J connectivity index is 1.60. The van der Waals surface area contributed by atoms with Crippen molar-refractivity contribution in [2.75, 3.05) is 7.11 Å². The van der Waals surface area contributed by atoms with Gasteiger partial charge >= 0.3 is 12.6 Å². The van der Waals surface area contributed by atoms with Crippen molar-refractivity contribution in [3.05, 3.63) is 78.3 Å². The van der Waals surface area contributed by atoms with Crippen molar-refractivity contribution in [2.45, 2.75) is 13.2 Å². The molecule has 0 saturated heterocycles. The third-order valence-corrected chi connectivity index (χ3v) is 4.58. The van der Waals surface area contributed by atoms with Crippen molar-refractivity contribution in [2.24, 2.45) is 0 Å². The Morgan fingerprint density at radius 1 is 1.12 bits per heavy atom. The van der Waals surface area contributed by atoms with Crippen LogP contribution in [0.3, 0.4) is 0 Å². The van der Waals surface area contributed by atoms with Gasteiger partial charge in [0.15, 0.2) is 23.0 Å². The van der Waals surface area contributed by atoms with Crippen LogP contribution >= 0.6 is 0 Å². The van der Waals surface area contributed by atoms with Crippen molar-refractivity contribution in [3.63, 3.8) is 0 Å². The lowest BCUT2D eigenvalue weighted by Gasteiger charge is -2.12. The maximum atomic E-state index is 13.1. The first-order chi connectivity index (χ1) is 16.5. The van der Waals surface area contributed by atoms with Gasteiger partial charge in [-0.1, -0.05) is 36.4 Å². The van der Waals surface area contributed by atoms with E-state index in [1.165, 1.54) is 42.3 Å². The quantitative estimate of drug-likeness (QED) is 0.265. The number of nitrogens with zero attached hydrogens (tertiary/aromatic N) is 4. The summed E-state index contributed by atoms with van der Waals surface area (Å²) in [6.07, 6.45) is 2.91. The molecule has 9 nitrogen and oxygen atoms in total. The topological polar surface area (TPSA) is 102 Å². The Morgan fingerprint density at radius 3 is 2.65 bits per heavy atom. The number of methoxy groups -OCH3 is 1. The maximum absolute atomic E-state index is 13.1. The van der Waals surface area contributed by atoms with Crippen molar-refractivity contribution in [1.29, 1.82) is 0 Å². The lowest BCUT2D eigenvalue weighted by Crippen LogP contribution is -2.15. The maximum Gasteiger partial charge on any atom is 0.387 e. The molecule has 0 aliphatic rings. The van der Waals surface area contributed by atoms with Crippen LogP contribution < -0.4 is 9.47 Å². The molecule has 0 radical (unpaired) electrons. The fourth-order valence-electron chi connectivity index (χ4n) is 3.05. The zero-order chi connectivity index (χ0) is 23.9. The summed E-state index contributed by atoms with van der Waals surface area (Å²) < 4.78 is 46.6. The minimum Gasteiger partial charge on any atom is -0.493 e. The van der Waals surface area contributed by atoms with Crippen LogP contribution in [-0.2, 0) is 16.1 Å². The van der Waals surface area contributed by atoms with Gasteiger partial charge in [0.05, 0.1) is 13.4 Å². The number of carbonyl (C=O) groups is 1. The number of esters is 1. The lowest BCUT2D eigenvalue weighted by molar-refractivity contribution is -0.138. The molecule has 4 rings (SSSR count). The molecular formula is C23H18F2N4O5. The van der Waals surface area contributed by atoms with Crippen LogP contribution in [0.15, 0.2) is 71.3 Å². The highest BCUT2D eigenvalue weighted by Crippen LogP contribution is 2.30. The summed E-state index contributed by atoms with van der Waals surface area (Å²) in [5.41, 5.74) is 1.18. The minimum absolute atomic E-state index is 0.00317. The average Bonchev–Trinajstić information content (AvgIpc) is 3.54. The van der Waals surface area contributed by atoms with Crippen LogP contribution in [0.1, 0.15) is 11.3 Å². The Morgan fingerprint density at radius 2 is 1.94 bits per heavy atom. The highest BCUT2D eigenvalue weighted by atomic mass is 19.3. The molecule has 0 bridgehead atoms. The lowest BCUT2D eigenvalue weighted by atomic mass is 10.2. The second-order valence-corrected chi connectivity index (χ2v) is 6.77. The number of rotatable bonds is 9. The summed E-state index contributed by atoms with van der Waals surface area (Å²) in [4.78, 5) is 13.1.